The van der Waals surface area contributed by atoms with Crippen molar-refractivity contribution >= 4 is 11.9 Å². The topological polar surface area (TPSA) is 92.0 Å². The van der Waals surface area contributed by atoms with Gasteiger partial charge in [0.15, 0.2) is 0 Å². The second-order valence-electron chi connectivity index (χ2n) is 6.94. The molecule has 26 heavy (non-hydrogen) atoms. The van der Waals surface area contributed by atoms with Gasteiger partial charge in [0.1, 0.15) is 0 Å². The summed E-state index contributed by atoms with van der Waals surface area (Å²) in [5.41, 5.74) is 0. The van der Waals surface area contributed by atoms with Crippen molar-refractivity contribution in [2.45, 2.75) is 66.3 Å². The quantitative estimate of drug-likeness (QED) is 0.662. The number of nitrogens with zero attached hydrogens (tertiary/aromatic N) is 2. The van der Waals surface area contributed by atoms with Gasteiger partial charge in [-0.3, -0.25) is 4.79 Å². The van der Waals surface area contributed by atoms with Gasteiger partial charge in [-0.05, 0) is 32.1 Å². The molecule has 1 heterocycles. The molecule has 0 aliphatic carbocycles. The summed E-state index contributed by atoms with van der Waals surface area (Å²) in [6.45, 7) is 10.5. The molecule has 0 aliphatic heterocycles. The number of aromatic hydroxyl groups is 2. The molecule has 0 bridgehead atoms. The SMILES string of the molecule is CCC(CC)N(CC)C(=O)CC(CC(C)C)C(=O)On1c(O)ccc1O. The highest BCUT2D eigenvalue weighted by Crippen LogP contribution is 2.23. The Labute approximate surface area is 155 Å². The number of hydrogen-bond donors (Lipinski definition) is 2. The maximum absolute atomic E-state index is 12.8. The lowest BCUT2D eigenvalue weighted by molar-refractivity contribution is -0.154. The molecule has 0 saturated carbocycles. The van der Waals surface area contributed by atoms with Gasteiger partial charge in [-0.25, -0.2) is 4.79 Å². The molecular weight excluding hydrogens is 336 g/mol. The summed E-state index contributed by atoms with van der Waals surface area (Å²) in [5, 5.41) is 19.3. The monoisotopic (exact) mass is 368 g/mol. The van der Waals surface area contributed by atoms with Crippen molar-refractivity contribution in [2.75, 3.05) is 6.54 Å². The molecule has 0 aliphatic rings. The summed E-state index contributed by atoms with van der Waals surface area (Å²) < 4.78 is 0.665. The Hall–Kier alpha value is -2.18. The van der Waals surface area contributed by atoms with Crippen LogP contribution in [0.1, 0.15) is 60.3 Å². The van der Waals surface area contributed by atoms with Crippen LogP contribution in [0.3, 0.4) is 0 Å². The normalized spacial score (nSPS) is 12.4. The van der Waals surface area contributed by atoms with Crippen LogP contribution in [0.5, 0.6) is 11.8 Å². The third-order valence-electron chi connectivity index (χ3n) is 4.53. The third kappa shape index (κ3) is 5.68. The highest BCUT2D eigenvalue weighted by molar-refractivity contribution is 5.83. The fraction of sp³-hybridized carbons (Fsp3) is 0.684. The van der Waals surface area contributed by atoms with Gasteiger partial charge >= 0.3 is 5.97 Å². The van der Waals surface area contributed by atoms with E-state index in [1.807, 2.05) is 39.5 Å². The third-order valence-corrected chi connectivity index (χ3v) is 4.53. The van der Waals surface area contributed by atoms with Crippen molar-refractivity contribution in [1.82, 2.24) is 9.63 Å². The minimum absolute atomic E-state index is 0.0458. The molecule has 1 amide bonds. The standard InChI is InChI=1S/C19H32N2O5/c1-6-15(7-2)20(8-3)18(24)12-14(11-13(4)5)19(25)26-21-16(22)9-10-17(21)23/h9-10,13-15,22-23H,6-8,11-12H2,1-5H3. The van der Waals surface area contributed by atoms with E-state index in [-0.39, 0.29) is 36.0 Å². The molecule has 1 unspecified atom stereocenters. The second-order valence-corrected chi connectivity index (χ2v) is 6.94. The predicted octanol–water partition coefficient (Wildman–Crippen LogP) is 2.94. The second kappa shape index (κ2) is 10.1. The van der Waals surface area contributed by atoms with Crippen LogP contribution in [0.2, 0.25) is 0 Å². The van der Waals surface area contributed by atoms with Gasteiger partial charge in [-0.1, -0.05) is 27.7 Å². The van der Waals surface area contributed by atoms with Crippen molar-refractivity contribution in [3.8, 4) is 11.8 Å². The molecule has 0 spiro atoms. The molecule has 2 N–H and O–H groups in total. The average Bonchev–Trinajstić information content (AvgIpc) is 2.90. The summed E-state index contributed by atoms with van der Waals surface area (Å²) in [6.07, 6.45) is 2.25. The highest BCUT2D eigenvalue weighted by Gasteiger charge is 2.30. The minimum Gasteiger partial charge on any atom is -0.492 e. The van der Waals surface area contributed by atoms with Crippen molar-refractivity contribution in [2.24, 2.45) is 11.8 Å². The zero-order valence-electron chi connectivity index (χ0n) is 16.4. The Kier molecular flexibility index (Phi) is 8.48. The Morgan fingerprint density at radius 1 is 1.12 bits per heavy atom. The summed E-state index contributed by atoms with van der Waals surface area (Å²) >= 11 is 0. The largest absolute Gasteiger partial charge is 0.492 e. The average molecular weight is 368 g/mol. The first-order valence-corrected chi connectivity index (χ1v) is 9.36. The first-order valence-electron chi connectivity index (χ1n) is 9.36. The lowest BCUT2D eigenvalue weighted by Crippen LogP contribution is -2.41. The zero-order chi connectivity index (χ0) is 19.9. The lowest BCUT2D eigenvalue weighted by atomic mass is 9.93. The van der Waals surface area contributed by atoms with E-state index in [1.165, 1.54) is 12.1 Å². The lowest BCUT2D eigenvalue weighted by Gasteiger charge is -2.30. The van der Waals surface area contributed by atoms with E-state index in [1.54, 1.807) is 0 Å². The van der Waals surface area contributed by atoms with Crippen molar-refractivity contribution < 1.29 is 24.6 Å². The molecule has 0 radical (unpaired) electrons. The van der Waals surface area contributed by atoms with Crippen molar-refractivity contribution in [3.63, 3.8) is 0 Å². The molecule has 1 rings (SSSR count). The van der Waals surface area contributed by atoms with E-state index >= 15 is 0 Å². The molecule has 0 aromatic carbocycles. The Morgan fingerprint density at radius 2 is 1.65 bits per heavy atom. The van der Waals surface area contributed by atoms with Crippen LogP contribution in [-0.4, -0.2) is 44.3 Å². The summed E-state index contributed by atoms with van der Waals surface area (Å²) in [5.74, 6) is -1.93. The minimum atomic E-state index is -0.646. The van der Waals surface area contributed by atoms with Gasteiger partial charge in [-0.2, -0.15) is 0 Å². The molecule has 1 atom stereocenters. The number of hydrogen-bond acceptors (Lipinski definition) is 5. The van der Waals surface area contributed by atoms with Gasteiger partial charge < -0.3 is 20.0 Å². The number of aromatic nitrogens is 1. The molecule has 1 aromatic heterocycles. The van der Waals surface area contributed by atoms with E-state index in [0.717, 1.165) is 12.8 Å². The van der Waals surface area contributed by atoms with Crippen LogP contribution in [-0.2, 0) is 9.59 Å². The summed E-state index contributed by atoms with van der Waals surface area (Å²) in [4.78, 5) is 32.3. The highest BCUT2D eigenvalue weighted by atomic mass is 16.7. The van der Waals surface area contributed by atoms with Crippen LogP contribution in [0, 0.1) is 11.8 Å². The van der Waals surface area contributed by atoms with Crippen LogP contribution < -0.4 is 4.84 Å². The van der Waals surface area contributed by atoms with Gasteiger partial charge in [-0.15, -0.1) is 4.73 Å². The molecule has 7 heteroatoms. The van der Waals surface area contributed by atoms with Crippen LogP contribution in [0.15, 0.2) is 12.1 Å². The maximum atomic E-state index is 12.8. The van der Waals surface area contributed by atoms with Gasteiger partial charge in [0.2, 0.25) is 17.7 Å². The maximum Gasteiger partial charge on any atom is 0.336 e. The fourth-order valence-corrected chi connectivity index (χ4v) is 3.19. The molecule has 0 saturated heterocycles. The number of carbonyl (C=O) groups excluding carboxylic acids is 2. The van der Waals surface area contributed by atoms with E-state index in [4.69, 9.17) is 4.84 Å². The van der Waals surface area contributed by atoms with E-state index in [0.29, 0.717) is 17.7 Å². The first kappa shape index (κ1) is 21.9. The Balaban J connectivity index is 2.91. The number of rotatable bonds is 10. The molecule has 0 fully saturated rings. The Bertz CT molecular complexity index is 573. The summed E-state index contributed by atoms with van der Waals surface area (Å²) in [6, 6.07) is 2.59. The fourth-order valence-electron chi connectivity index (χ4n) is 3.19. The van der Waals surface area contributed by atoms with Gasteiger partial charge in [0.05, 0.1) is 5.92 Å². The molecular formula is C19H32N2O5. The van der Waals surface area contributed by atoms with E-state index < -0.39 is 11.9 Å². The van der Waals surface area contributed by atoms with Gasteiger partial charge in [0.25, 0.3) is 0 Å². The van der Waals surface area contributed by atoms with E-state index in [9.17, 15) is 19.8 Å². The molecule has 7 nitrogen and oxygen atoms in total. The zero-order valence-corrected chi connectivity index (χ0v) is 16.4. The van der Waals surface area contributed by atoms with E-state index in [2.05, 4.69) is 0 Å². The van der Waals surface area contributed by atoms with Crippen molar-refractivity contribution in [3.05, 3.63) is 12.1 Å². The summed E-state index contributed by atoms with van der Waals surface area (Å²) in [7, 11) is 0. The van der Waals surface area contributed by atoms with Crippen LogP contribution >= 0.6 is 0 Å². The van der Waals surface area contributed by atoms with Crippen LogP contribution in [0.4, 0.5) is 0 Å². The number of carbonyl (C=O) groups is 2. The Morgan fingerprint density at radius 3 is 2.08 bits per heavy atom. The van der Waals surface area contributed by atoms with Crippen LogP contribution in [0.25, 0.3) is 0 Å². The first-order chi connectivity index (χ1) is 12.2. The number of amides is 1. The smallest absolute Gasteiger partial charge is 0.336 e. The molecule has 1 aromatic rings. The molecule has 148 valence electrons. The van der Waals surface area contributed by atoms with Gasteiger partial charge in [0, 0.05) is 31.1 Å². The predicted molar refractivity (Wildman–Crippen MR) is 98.7 cm³/mol. The van der Waals surface area contributed by atoms with Crippen molar-refractivity contribution in [1.29, 1.82) is 0 Å².